The second-order valence-corrected chi connectivity index (χ2v) is 15.6. The minimum atomic E-state index is -0.617. The normalized spacial score (nSPS) is 11.9. The highest BCUT2D eigenvalue weighted by atomic mass is 16.5. The highest BCUT2D eigenvalue weighted by Crippen LogP contribution is 2.47. The number of para-hydroxylation sites is 1. The molecule has 0 radical (unpaired) electrons. The molecule has 1 aromatic heterocycles. The molecule has 0 aliphatic heterocycles. The van der Waals surface area contributed by atoms with Crippen molar-refractivity contribution in [1.29, 1.82) is 0 Å². The zero-order chi connectivity index (χ0) is 41.2. The number of ketones is 1. The lowest BCUT2D eigenvalue weighted by Gasteiger charge is -2.33. The first kappa shape index (κ1) is 40.1. The van der Waals surface area contributed by atoms with E-state index in [1.54, 1.807) is 48.5 Å². The van der Waals surface area contributed by atoms with Crippen molar-refractivity contribution < 1.29 is 29.0 Å². The number of aromatic nitrogens is 2. The molecule has 0 spiro atoms. The number of hydrogen-bond donors (Lipinski definition) is 3. The number of nitrogens with one attached hydrogen (secondary N) is 2. The Morgan fingerprint density at radius 1 is 0.754 bits per heavy atom. The summed E-state index contributed by atoms with van der Waals surface area (Å²) in [5.41, 5.74) is 4.22. The number of rotatable bonds is 9. The summed E-state index contributed by atoms with van der Waals surface area (Å²) in [4.78, 5) is 50.6. The summed E-state index contributed by atoms with van der Waals surface area (Å²) in [7, 11) is 1.54. The number of fused-ring (bicyclic) bond motifs is 2. The summed E-state index contributed by atoms with van der Waals surface area (Å²) < 4.78 is 12.1. The molecule has 5 aromatic carbocycles. The van der Waals surface area contributed by atoms with Gasteiger partial charge in [0.15, 0.2) is 17.4 Å². The fourth-order valence-corrected chi connectivity index (χ4v) is 7.55. The first-order chi connectivity index (χ1) is 27.1. The number of hydrogen-bond acceptors (Lipinski definition) is 8. The molecular weight excluding hydrogens is 717 g/mol. The molecule has 10 nitrogen and oxygen atoms in total. The molecule has 292 valence electrons. The third-order valence-corrected chi connectivity index (χ3v) is 9.60. The third-order valence-electron chi connectivity index (χ3n) is 9.60. The van der Waals surface area contributed by atoms with E-state index in [4.69, 9.17) is 19.4 Å². The Labute approximate surface area is 333 Å². The van der Waals surface area contributed by atoms with Crippen LogP contribution >= 0.6 is 0 Å². The number of nitrogens with zero attached hydrogens (tertiary/aromatic N) is 2. The maximum Gasteiger partial charge on any atom is 0.259 e. The third kappa shape index (κ3) is 8.21. The van der Waals surface area contributed by atoms with Gasteiger partial charge in [-0.05, 0) is 59.2 Å². The van der Waals surface area contributed by atoms with Gasteiger partial charge in [0.2, 0.25) is 5.91 Å². The number of ether oxygens (including phenoxy) is 2. The molecule has 1 heterocycles. The van der Waals surface area contributed by atoms with Gasteiger partial charge in [0.05, 0.1) is 35.3 Å². The molecule has 0 bridgehead atoms. The van der Waals surface area contributed by atoms with Crippen LogP contribution in [0.1, 0.15) is 93.7 Å². The van der Waals surface area contributed by atoms with Crippen LogP contribution in [0.25, 0.3) is 33.5 Å². The molecule has 0 saturated heterocycles. The fourth-order valence-electron chi connectivity index (χ4n) is 7.55. The monoisotopic (exact) mass is 764 g/mol. The number of phenols is 1. The molecule has 3 N–H and O–H groups in total. The Morgan fingerprint density at radius 3 is 2.05 bits per heavy atom. The van der Waals surface area contributed by atoms with Crippen LogP contribution in [0.2, 0.25) is 0 Å². The van der Waals surface area contributed by atoms with E-state index in [2.05, 4.69) is 45.3 Å². The standard InChI is InChI=1S/C45H42N4O6.C2H6/c1-25(50)46-33-22-28(54-7)20-21-31(33)42-48-39-29-12-8-9-13-30(29)41(52)37-34(47-43(53)32-14-10-11-15-35(32)51)23-36(40(49-42)38(37)39)55-27-18-16-26(17-19-27)45(5,6)24-44(2,3)4;1-2/h8-23,51H,24H2,1-7H3,(H,46,50)(H,47,53);1-2H3. The molecule has 1 aliphatic carbocycles. The molecule has 0 fully saturated rings. The number of carbonyl (C=O) groups is 3. The van der Waals surface area contributed by atoms with Crippen LogP contribution in [0.3, 0.4) is 0 Å². The Hall–Kier alpha value is -6.55. The summed E-state index contributed by atoms with van der Waals surface area (Å²) in [6, 6.07) is 28.0. The molecule has 6 aromatic rings. The van der Waals surface area contributed by atoms with E-state index in [1.165, 1.54) is 26.2 Å². The highest BCUT2D eigenvalue weighted by Gasteiger charge is 2.33. The molecular formula is C47H48N4O6. The Kier molecular flexibility index (Phi) is 11.2. The van der Waals surface area contributed by atoms with E-state index in [9.17, 15) is 19.5 Å². The second kappa shape index (κ2) is 15.9. The largest absolute Gasteiger partial charge is 0.507 e. The number of anilines is 2. The minimum absolute atomic E-state index is 0.0335. The topological polar surface area (TPSA) is 140 Å². The van der Waals surface area contributed by atoms with Crippen molar-refractivity contribution in [2.45, 2.75) is 67.2 Å². The molecule has 0 saturated carbocycles. The van der Waals surface area contributed by atoms with Gasteiger partial charge in [0, 0.05) is 41.1 Å². The van der Waals surface area contributed by atoms with Crippen LogP contribution in [0, 0.1) is 5.41 Å². The molecule has 0 unspecified atom stereocenters. The zero-order valence-corrected chi connectivity index (χ0v) is 33.8. The van der Waals surface area contributed by atoms with Crippen molar-refractivity contribution in [3.8, 4) is 45.6 Å². The van der Waals surface area contributed by atoms with Gasteiger partial charge in [-0.2, -0.15) is 0 Å². The highest BCUT2D eigenvalue weighted by molar-refractivity contribution is 6.29. The van der Waals surface area contributed by atoms with Gasteiger partial charge in [-0.3, -0.25) is 14.4 Å². The molecule has 0 atom stereocenters. The molecule has 2 amide bonds. The lowest BCUT2D eigenvalue weighted by Crippen LogP contribution is -2.24. The average molecular weight is 765 g/mol. The fraction of sp³-hybridized carbons (Fsp3) is 0.255. The number of aromatic hydroxyl groups is 1. The van der Waals surface area contributed by atoms with Crippen LogP contribution in [0.5, 0.6) is 23.0 Å². The molecule has 10 heteroatoms. The zero-order valence-electron chi connectivity index (χ0n) is 33.8. The number of phenolic OH excluding ortho intramolecular Hbond substituents is 1. The Balaban J connectivity index is 0.00000270. The van der Waals surface area contributed by atoms with E-state index < -0.39 is 5.91 Å². The summed E-state index contributed by atoms with van der Waals surface area (Å²) in [5, 5.41) is 16.7. The SMILES string of the molecule is CC.COc1ccc(-c2nc3c4c(c(NC(=O)c5ccccc5O)cc(Oc5ccc(C(C)(C)CC(C)(C)C)cc5)c4n2)C(=O)c2ccccc2-3)c(NC(C)=O)c1. The molecule has 1 aliphatic rings. The van der Waals surface area contributed by atoms with Crippen LogP contribution in [-0.4, -0.2) is 39.8 Å². The summed E-state index contributed by atoms with van der Waals surface area (Å²) >= 11 is 0. The van der Waals surface area contributed by atoms with Crippen LogP contribution in [-0.2, 0) is 10.2 Å². The Bertz CT molecular complexity index is 2520. The molecule has 7 rings (SSSR count). The first-order valence-corrected chi connectivity index (χ1v) is 19.0. The minimum Gasteiger partial charge on any atom is -0.507 e. The van der Waals surface area contributed by atoms with E-state index in [0.717, 1.165) is 12.0 Å². The van der Waals surface area contributed by atoms with E-state index >= 15 is 0 Å². The lowest BCUT2D eigenvalue weighted by atomic mass is 9.72. The van der Waals surface area contributed by atoms with Gasteiger partial charge in [-0.1, -0.05) is 97.0 Å². The van der Waals surface area contributed by atoms with Crippen molar-refractivity contribution in [1.82, 2.24) is 9.97 Å². The van der Waals surface area contributed by atoms with E-state index in [-0.39, 0.29) is 56.7 Å². The van der Waals surface area contributed by atoms with Crippen LogP contribution in [0.4, 0.5) is 11.4 Å². The molecule has 57 heavy (non-hydrogen) atoms. The van der Waals surface area contributed by atoms with Gasteiger partial charge < -0.3 is 25.2 Å². The van der Waals surface area contributed by atoms with Crippen LogP contribution in [0.15, 0.2) is 97.1 Å². The van der Waals surface area contributed by atoms with Crippen molar-refractivity contribution in [2.75, 3.05) is 17.7 Å². The number of methoxy groups -OCH3 is 1. The van der Waals surface area contributed by atoms with Gasteiger partial charge in [0.25, 0.3) is 5.91 Å². The van der Waals surface area contributed by atoms with Crippen LogP contribution < -0.4 is 20.1 Å². The van der Waals surface area contributed by atoms with Crippen molar-refractivity contribution >= 4 is 39.9 Å². The summed E-state index contributed by atoms with van der Waals surface area (Å²) in [6.45, 7) is 16.5. The van der Waals surface area contributed by atoms with E-state index in [0.29, 0.717) is 50.5 Å². The number of benzene rings is 5. The van der Waals surface area contributed by atoms with Crippen molar-refractivity contribution in [2.24, 2.45) is 5.41 Å². The second-order valence-electron chi connectivity index (χ2n) is 15.6. The summed E-state index contributed by atoms with van der Waals surface area (Å²) in [6.07, 6.45) is 0.968. The summed E-state index contributed by atoms with van der Waals surface area (Å²) in [5.74, 6) is 0.0929. The van der Waals surface area contributed by atoms with Gasteiger partial charge >= 0.3 is 0 Å². The predicted molar refractivity (Wildman–Crippen MR) is 226 cm³/mol. The van der Waals surface area contributed by atoms with Crippen molar-refractivity contribution in [3.63, 3.8) is 0 Å². The quantitative estimate of drug-likeness (QED) is 0.132. The predicted octanol–water partition coefficient (Wildman–Crippen LogP) is 11.0. The average Bonchev–Trinajstić information content (AvgIpc) is 3.17. The first-order valence-electron chi connectivity index (χ1n) is 19.0. The smallest absolute Gasteiger partial charge is 0.259 e. The van der Waals surface area contributed by atoms with Gasteiger partial charge in [0.1, 0.15) is 22.8 Å². The van der Waals surface area contributed by atoms with Gasteiger partial charge in [-0.25, -0.2) is 9.97 Å². The Morgan fingerprint density at radius 2 is 1.40 bits per heavy atom. The maximum atomic E-state index is 14.4. The number of carbonyl (C=O) groups excluding carboxylic acids is 3. The van der Waals surface area contributed by atoms with Gasteiger partial charge in [-0.15, -0.1) is 0 Å². The maximum absolute atomic E-state index is 14.4. The van der Waals surface area contributed by atoms with Crippen molar-refractivity contribution in [3.05, 3.63) is 119 Å². The number of amides is 2. The lowest BCUT2D eigenvalue weighted by molar-refractivity contribution is -0.114. The van der Waals surface area contributed by atoms with E-state index in [1.807, 2.05) is 50.2 Å².